The third-order valence-electron chi connectivity index (χ3n) is 3.35. The molecule has 0 aliphatic heterocycles. The Morgan fingerprint density at radius 1 is 1.28 bits per heavy atom. The van der Waals surface area contributed by atoms with Crippen LogP contribution in [0, 0.1) is 0 Å². The van der Waals surface area contributed by atoms with E-state index in [1.165, 1.54) is 11.3 Å². The van der Waals surface area contributed by atoms with Gasteiger partial charge in [0.05, 0.1) is 22.4 Å². The van der Waals surface area contributed by atoms with Crippen LogP contribution in [-0.4, -0.2) is 20.4 Å². The van der Waals surface area contributed by atoms with Crippen LogP contribution in [0.4, 0.5) is 5.13 Å². The number of thioether (sulfide) groups is 1. The first-order chi connectivity index (χ1) is 11.9. The average Bonchev–Trinajstić information content (AvgIpc) is 3.25. The molecule has 0 saturated heterocycles. The van der Waals surface area contributed by atoms with Gasteiger partial charge in [0.1, 0.15) is 12.3 Å². The summed E-state index contributed by atoms with van der Waals surface area (Å²) in [5.41, 5.74) is -0.0441. The molecule has 0 unspecified atom stereocenters. The lowest BCUT2D eigenvalue weighted by Gasteiger charge is -2.12. The Balaban J connectivity index is 1.51. The van der Waals surface area contributed by atoms with Crippen LogP contribution in [0.15, 0.2) is 45.5 Å². The minimum atomic E-state index is -0.0929. The van der Waals surface area contributed by atoms with Crippen LogP contribution in [0.25, 0.3) is 0 Å². The van der Waals surface area contributed by atoms with Gasteiger partial charge in [0.25, 0.3) is 0 Å². The van der Waals surface area contributed by atoms with Crippen molar-refractivity contribution in [3.05, 3.63) is 48.6 Å². The number of aromatic nitrogens is 3. The fourth-order valence-corrected chi connectivity index (χ4v) is 3.78. The molecule has 0 aliphatic rings. The van der Waals surface area contributed by atoms with Crippen molar-refractivity contribution in [3.63, 3.8) is 0 Å². The van der Waals surface area contributed by atoms with Gasteiger partial charge in [-0.05, 0) is 12.1 Å². The lowest BCUT2D eigenvalue weighted by Crippen LogP contribution is -2.17. The van der Waals surface area contributed by atoms with Crippen molar-refractivity contribution in [1.82, 2.24) is 14.5 Å². The summed E-state index contributed by atoms with van der Waals surface area (Å²) < 4.78 is 8.60. The molecule has 0 bridgehead atoms. The van der Waals surface area contributed by atoms with Gasteiger partial charge in [-0.1, -0.05) is 32.1 Å². The summed E-state index contributed by atoms with van der Waals surface area (Å²) in [4.78, 5) is 20.5. The van der Waals surface area contributed by atoms with Crippen LogP contribution in [0.3, 0.4) is 0 Å². The molecule has 25 heavy (non-hydrogen) atoms. The molecule has 0 saturated carbocycles. The molecule has 3 aromatic heterocycles. The van der Waals surface area contributed by atoms with Crippen molar-refractivity contribution in [2.24, 2.45) is 0 Å². The summed E-state index contributed by atoms with van der Waals surface area (Å²) in [5.74, 6) is 2.12. The van der Waals surface area contributed by atoms with Gasteiger partial charge in [0.15, 0.2) is 5.13 Å². The summed E-state index contributed by atoms with van der Waals surface area (Å²) in [6, 6.07) is 3.78. The van der Waals surface area contributed by atoms with Crippen LogP contribution in [0.2, 0.25) is 0 Å². The summed E-state index contributed by atoms with van der Waals surface area (Å²) in [5, 5.41) is 3.42. The Hall–Kier alpha value is -2.06. The number of rotatable bonds is 6. The number of oxazole rings is 1. The number of nitrogens with zero attached hydrogens (tertiary/aromatic N) is 3. The second-order valence-corrected chi connectivity index (χ2v) is 8.85. The van der Waals surface area contributed by atoms with E-state index in [2.05, 4.69) is 36.1 Å². The molecule has 0 radical (unpaired) electrons. The molecule has 0 aliphatic carbocycles. The molecule has 6 nitrogen and oxygen atoms in total. The number of nitrogens with one attached hydrogen (secondary N) is 1. The highest BCUT2D eigenvalue weighted by molar-refractivity contribution is 8.00. The van der Waals surface area contributed by atoms with E-state index in [-0.39, 0.29) is 17.9 Å². The maximum absolute atomic E-state index is 12.0. The van der Waals surface area contributed by atoms with E-state index in [1.54, 1.807) is 24.2 Å². The number of hydrogen-bond donors (Lipinski definition) is 1. The van der Waals surface area contributed by atoms with Gasteiger partial charge >= 0.3 is 0 Å². The zero-order chi connectivity index (χ0) is 17.9. The van der Waals surface area contributed by atoms with Crippen LogP contribution < -0.4 is 5.32 Å². The topological polar surface area (TPSA) is 73.0 Å². The van der Waals surface area contributed by atoms with Crippen molar-refractivity contribution < 1.29 is 9.21 Å². The van der Waals surface area contributed by atoms with Crippen LogP contribution in [-0.2, 0) is 22.5 Å². The minimum absolute atomic E-state index is 0.0441. The molecule has 1 amide bonds. The van der Waals surface area contributed by atoms with Crippen molar-refractivity contribution in [1.29, 1.82) is 0 Å². The Morgan fingerprint density at radius 2 is 2.04 bits per heavy atom. The number of amides is 1. The van der Waals surface area contributed by atoms with Gasteiger partial charge in [-0.2, -0.15) is 0 Å². The SMILES string of the molecule is CC(C)(C)c1cnc(CSc2cnc(NC(=O)Cn3cccc3)s2)o1. The Labute approximate surface area is 154 Å². The van der Waals surface area contributed by atoms with Gasteiger partial charge in [0, 0.05) is 17.8 Å². The second kappa shape index (κ2) is 7.45. The first-order valence-corrected chi connectivity index (χ1v) is 9.65. The average molecular weight is 377 g/mol. The van der Waals surface area contributed by atoms with Crippen molar-refractivity contribution in [2.75, 3.05) is 5.32 Å². The molecule has 132 valence electrons. The monoisotopic (exact) mass is 376 g/mol. The van der Waals surface area contributed by atoms with Gasteiger partial charge in [-0.15, -0.1) is 11.8 Å². The van der Waals surface area contributed by atoms with E-state index < -0.39 is 0 Å². The van der Waals surface area contributed by atoms with Gasteiger partial charge in [-0.3, -0.25) is 4.79 Å². The van der Waals surface area contributed by atoms with Crippen molar-refractivity contribution >= 4 is 34.1 Å². The quantitative estimate of drug-likeness (QED) is 0.654. The third kappa shape index (κ3) is 4.96. The normalized spacial score (nSPS) is 11.6. The van der Waals surface area contributed by atoms with E-state index in [9.17, 15) is 4.79 Å². The standard InChI is InChI=1S/C17H20N4O2S2/c1-17(2,3)12-8-18-14(23-12)11-24-15-9-19-16(25-15)20-13(22)10-21-6-4-5-7-21/h4-9H,10-11H2,1-3H3,(H,19,20,22). The zero-order valence-electron chi connectivity index (χ0n) is 14.4. The summed E-state index contributed by atoms with van der Waals surface area (Å²) in [7, 11) is 0. The molecule has 8 heteroatoms. The Bertz CT molecular complexity index is 831. The predicted molar refractivity (Wildman–Crippen MR) is 99.9 cm³/mol. The predicted octanol–water partition coefficient (Wildman–Crippen LogP) is 4.16. The van der Waals surface area contributed by atoms with E-state index >= 15 is 0 Å². The smallest absolute Gasteiger partial charge is 0.246 e. The van der Waals surface area contributed by atoms with Crippen LogP contribution in [0.5, 0.6) is 0 Å². The number of thiazole rings is 1. The van der Waals surface area contributed by atoms with Crippen LogP contribution in [0.1, 0.15) is 32.4 Å². The van der Waals surface area contributed by atoms with Crippen molar-refractivity contribution in [3.8, 4) is 0 Å². The van der Waals surface area contributed by atoms with Gasteiger partial charge in [-0.25, -0.2) is 9.97 Å². The summed E-state index contributed by atoms with van der Waals surface area (Å²) in [6.07, 6.45) is 7.25. The highest BCUT2D eigenvalue weighted by Crippen LogP contribution is 2.31. The number of anilines is 1. The molecule has 0 fully saturated rings. The first kappa shape index (κ1) is 17.8. The minimum Gasteiger partial charge on any atom is -0.444 e. The Morgan fingerprint density at radius 3 is 2.72 bits per heavy atom. The van der Waals surface area contributed by atoms with Crippen molar-refractivity contribution in [2.45, 2.75) is 42.7 Å². The van der Waals surface area contributed by atoms with Gasteiger partial charge in [0.2, 0.25) is 11.8 Å². The number of carbonyl (C=O) groups excluding carboxylic acids is 1. The highest BCUT2D eigenvalue weighted by Gasteiger charge is 2.19. The van der Waals surface area contributed by atoms with E-state index in [1.807, 2.05) is 29.1 Å². The number of carbonyl (C=O) groups is 1. The molecule has 0 atom stereocenters. The molecular formula is C17H20N4O2S2. The molecule has 1 N–H and O–H groups in total. The maximum Gasteiger partial charge on any atom is 0.246 e. The zero-order valence-corrected chi connectivity index (χ0v) is 16.0. The van der Waals surface area contributed by atoms with E-state index in [4.69, 9.17) is 4.42 Å². The first-order valence-electron chi connectivity index (χ1n) is 7.84. The highest BCUT2D eigenvalue weighted by atomic mass is 32.2. The molecule has 0 aromatic carbocycles. The van der Waals surface area contributed by atoms with E-state index in [0.717, 1.165) is 9.97 Å². The fourth-order valence-electron chi connectivity index (χ4n) is 2.04. The third-order valence-corrected chi connectivity index (χ3v) is 5.45. The van der Waals surface area contributed by atoms with E-state index in [0.29, 0.717) is 16.8 Å². The lowest BCUT2D eigenvalue weighted by atomic mass is 9.94. The lowest BCUT2D eigenvalue weighted by molar-refractivity contribution is -0.116. The van der Waals surface area contributed by atoms with Gasteiger partial charge < -0.3 is 14.3 Å². The summed E-state index contributed by atoms with van der Waals surface area (Å²) >= 11 is 3.04. The molecule has 3 aromatic rings. The molecule has 3 rings (SSSR count). The molecular weight excluding hydrogens is 356 g/mol. The van der Waals surface area contributed by atoms with Crippen LogP contribution >= 0.6 is 23.1 Å². The summed E-state index contributed by atoms with van der Waals surface area (Å²) in [6.45, 7) is 6.56. The maximum atomic E-state index is 12.0. The molecule has 3 heterocycles. The fraction of sp³-hybridized carbons (Fsp3) is 0.353. The largest absolute Gasteiger partial charge is 0.444 e. The second-order valence-electron chi connectivity index (χ2n) is 6.54. The molecule has 0 spiro atoms. The Kier molecular flexibility index (Phi) is 5.29. The number of hydrogen-bond acceptors (Lipinski definition) is 6.